The first-order valence-electron chi connectivity index (χ1n) is 10.8. The first kappa shape index (κ1) is 20.7. The third-order valence-corrected chi connectivity index (χ3v) is 6.66. The van der Waals surface area contributed by atoms with E-state index in [-0.39, 0.29) is 11.8 Å². The van der Waals surface area contributed by atoms with Crippen molar-refractivity contribution >= 4 is 40.5 Å². The Hall–Kier alpha value is -3.19. The van der Waals surface area contributed by atoms with Gasteiger partial charge < -0.3 is 9.80 Å². The van der Waals surface area contributed by atoms with Crippen molar-refractivity contribution in [1.82, 2.24) is 25.2 Å². The van der Waals surface area contributed by atoms with E-state index in [0.717, 1.165) is 29.6 Å². The van der Waals surface area contributed by atoms with Gasteiger partial charge in [0.1, 0.15) is 11.0 Å². The van der Waals surface area contributed by atoms with Crippen LogP contribution in [0.1, 0.15) is 27.9 Å². The molecular weight excluding hydrogens is 426 g/mol. The molecule has 3 aromatic rings. The van der Waals surface area contributed by atoms with Crippen LogP contribution in [-0.4, -0.2) is 63.2 Å². The summed E-state index contributed by atoms with van der Waals surface area (Å²) < 4.78 is 0. The van der Waals surface area contributed by atoms with Crippen LogP contribution in [0.25, 0.3) is 17.1 Å². The molecule has 2 atom stereocenters. The Labute approximate surface area is 191 Å². The van der Waals surface area contributed by atoms with Crippen molar-refractivity contribution in [1.29, 1.82) is 0 Å². The molecule has 0 unspecified atom stereocenters. The molecule has 2 aliphatic heterocycles. The molecule has 2 amide bonds. The van der Waals surface area contributed by atoms with Crippen molar-refractivity contribution in [3.05, 3.63) is 64.2 Å². The minimum atomic E-state index is 0.00217. The molecule has 2 saturated heterocycles. The van der Waals surface area contributed by atoms with Crippen LogP contribution < -0.4 is 0 Å². The Bertz CT molecular complexity index is 1200. The second-order valence-electron chi connectivity index (χ2n) is 8.73. The summed E-state index contributed by atoms with van der Waals surface area (Å²) in [5.74, 6) is 0.744. The number of nitrogens with zero attached hydrogens (tertiary/aromatic N) is 4. The van der Waals surface area contributed by atoms with Crippen LogP contribution >= 0.6 is 11.6 Å². The highest BCUT2D eigenvalue weighted by Crippen LogP contribution is 2.32. The van der Waals surface area contributed by atoms with Gasteiger partial charge >= 0.3 is 0 Å². The van der Waals surface area contributed by atoms with Gasteiger partial charge in [0, 0.05) is 42.8 Å². The van der Waals surface area contributed by atoms with Crippen molar-refractivity contribution in [3.63, 3.8) is 0 Å². The number of amides is 2. The maximum absolute atomic E-state index is 13.1. The molecule has 164 valence electrons. The second kappa shape index (κ2) is 8.39. The van der Waals surface area contributed by atoms with Gasteiger partial charge in [-0.15, -0.1) is 0 Å². The van der Waals surface area contributed by atoms with Gasteiger partial charge in [-0.05, 0) is 72.7 Å². The van der Waals surface area contributed by atoms with Crippen LogP contribution in [0.5, 0.6) is 0 Å². The highest BCUT2D eigenvalue weighted by atomic mass is 35.5. The average Bonchev–Trinajstić information content (AvgIpc) is 3.42. The zero-order valence-electron chi connectivity index (χ0n) is 17.8. The number of likely N-dealkylation sites (tertiary alicyclic amines) is 2. The number of H-pyrrole nitrogens is 1. The zero-order valence-corrected chi connectivity index (χ0v) is 18.5. The summed E-state index contributed by atoms with van der Waals surface area (Å²) in [5, 5.41) is 11.4. The number of aryl methyl sites for hydroxylation is 1. The number of halogens is 1. The van der Waals surface area contributed by atoms with Crippen molar-refractivity contribution < 1.29 is 9.59 Å². The predicted octanol–water partition coefficient (Wildman–Crippen LogP) is 3.55. The highest BCUT2D eigenvalue weighted by Gasteiger charge is 2.39. The topological polar surface area (TPSA) is 82.2 Å². The lowest BCUT2D eigenvalue weighted by atomic mass is 9.88. The van der Waals surface area contributed by atoms with E-state index in [2.05, 4.69) is 15.4 Å². The van der Waals surface area contributed by atoms with E-state index in [1.807, 2.05) is 47.1 Å². The van der Waals surface area contributed by atoms with Crippen molar-refractivity contribution in [2.24, 2.45) is 11.8 Å². The Balaban J connectivity index is 1.23. The molecule has 1 N–H and O–H groups in total. The minimum Gasteiger partial charge on any atom is -0.339 e. The summed E-state index contributed by atoms with van der Waals surface area (Å²) in [5.41, 5.74) is 4.03. The van der Waals surface area contributed by atoms with E-state index in [1.165, 1.54) is 0 Å². The molecule has 32 heavy (non-hydrogen) atoms. The Morgan fingerprint density at radius 1 is 1.03 bits per heavy atom. The number of aromatic amines is 1. The summed E-state index contributed by atoms with van der Waals surface area (Å²) in [4.78, 5) is 29.6. The average molecular weight is 450 g/mol. The number of hydrogen-bond donors (Lipinski definition) is 1. The van der Waals surface area contributed by atoms with Crippen molar-refractivity contribution in [2.45, 2.75) is 13.3 Å². The number of carbonyl (C=O) groups excluding carboxylic acids is 2. The third-order valence-electron chi connectivity index (χ3n) is 6.45. The van der Waals surface area contributed by atoms with Gasteiger partial charge in [-0.2, -0.15) is 15.4 Å². The van der Waals surface area contributed by atoms with E-state index >= 15 is 0 Å². The molecule has 1 aromatic heterocycles. The molecule has 3 heterocycles. The van der Waals surface area contributed by atoms with E-state index in [0.29, 0.717) is 47.6 Å². The number of rotatable bonds is 3. The molecule has 2 aromatic carbocycles. The number of fused-ring (bicyclic) bond motifs is 2. The first-order chi connectivity index (χ1) is 15.5. The monoisotopic (exact) mass is 449 g/mol. The lowest BCUT2D eigenvalue weighted by Crippen LogP contribution is -2.42. The second-order valence-corrected chi connectivity index (χ2v) is 9.16. The number of benzene rings is 2. The van der Waals surface area contributed by atoms with E-state index in [1.54, 1.807) is 18.2 Å². The maximum Gasteiger partial charge on any atom is 0.253 e. The standard InChI is InChI=1S/C24H24ClN5O2/c1-15-8-16(10-20(25)9-15)2-5-23(31)29-7-6-18-12-30(14-19(18)13-29)24(32)17-3-4-21-22(11-17)27-28-26-21/h2-5,8-11,18-19H,6-7,12-14H2,1H3,(H,26,27,28)/b5-2+/t18-,19-/m1/s1. The van der Waals surface area contributed by atoms with Crippen molar-refractivity contribution in [2.75, 3.05) is 26.2 Å². The summed E-state index contributed by atoms with van der Waals surface area (Å²) in [6, 6.07) is 11.1. The largest absolute Gasteiger partial charge is 0.339 e. The smallest absolute Gasteiger partial charge is 0.253 e. The zero-order chi connectivity index (χ0) is 22.2. The lowest BCUT2D eigenvalue weighted by molar-refractivity contribution is -0.128. The van der Waals surface area contributed by atoms with E-state index in [4.69, 9.17) is 11.6 Å². The van der Waals surface area contributed by atoms with Gasteiger partial charge in [-0.3, -0.25) is 9.59 Å². The van der Waals surface area contributed by atoms with Gasteiger partial charge in [0.25, 0.3) is 5.91 Å². The Morgan fingerprint density at radius 2 is 1.81 bits per heavy atom. The minimum absolute atomic E-state index is 0.00217. The normalized spacial score (nSPS) is 20.8. The summed E-state index contributed by atoms with van der Waals surface area (Å²) in [7, 11) is 0. The van der Waals surface area contributed by atoms with E-state index in [9.17, 15) is 9.59 Å². The van der Waals surface area contributed by atoms with Gasteiger partial charge in [-0.1, -0.05) is 17.7 Å². The van der Waals surface area contributed by atoms with Crippen LogP contribution in [-0.2, 0) is 4.79 Å². The molecule has 0 aliphatic carbocycles. The summed E-state index contributed by atoms with van der Waals surface area (Å²) in [6.07, 6.45) is 4.35. The quantitative estimate of drug-likeness (QED) is 0.620. The molecule has 0 radical (unpaired) electrons. The molecule has 0 bridgehead atoms. The van der Waals surface area contributed by atoms with Gasteiger partial charge in [0.15, 0.2) is 0 Å². The van der Waals surface area contributed by atoms with Crippen LogP contribution in [0, 0.1) is 18.8 Å². The SMILES string of the molecule is Cc1cc(Cl)cc(/C=C/C(=O)N2CC[C@@H]3CN(C(=O)c4ccc5n[nH]nc5c4)C[C@H]3C2)c1. The van der Waals surface area contributed by atoms with Crippen LogP contribution in [0.4, 0.5) is 0 Å². The number of aromatic nitrogens is 3. The summed E-state index contributed by atoms with van der Waals surface area (Å²) >= 11 is 6.11. The first-order valence-corrected chi connectivity index (χ1v) is 11.2. The molecule has 2 fully saturated rings. The molecule has 8 heteroatoms. The number of carbonyl (C=O) groups is 2. The molecule has 7 nitrogen and oxygen atoms in total. The molecular formula is C24H24ClN5O2. The number of hydrogen-bond acceptors (Lipinski definition) is 4. The van der Waals surface area contributed by atoms with Gasteiger partial charge in [0.2, 0.25) is 5.91 Å². The molecule has 5 rings (SSSR count). The van der Waals surface area contributed by atoms with Gasteiger partial charge in [0.05, 0.1) is 0 Å². The number of piperidine rings is 1. The Kier molecular flexibility index (Phi) is 5.43. The molecule has 2 aliphatic rings. The summed E-state index contributed by atoms with van der Waals surface area (Å²) in [6.45, 7) is 4.77. The lowest BCUT2D eigenvalue weighted by Gasteiger charge is -2.33. The Morgan fingerprint density at radius 3 is 2.66 bits per heavy atom. The van der Waals surface area contributed by atoms with E-state index < -0.39 is 0 Å². The highest BCUT2D eigenvalue weighted by molar-refractivity contribution is 6.30. The van der Waals surface area contributed by atoms with Crippen molar-refractivity contribution in [3.8, 4) is 0 Å². The van der Waals surface area contributed by atoms with Crippen LogP contribution in [0.15, 0.2) is 42.5 Å². The fourth-order valence-corrected chi connectivity index (χ4v) is 5.12. The fourth-order valence-electron chi connectivity index (χ4n) is 4.82. The maximum atomic E-state index is 13.1. The van der Waals surface area contributed by atoms with Crippen LogP contribution in [0.3, 0.4) is 0 Å². The third kappa shape index (κ3) is 4.12. The predicted molar refractivity (Wildman–Crippen MR) is 123 cm³/mol. The molecule has 0 saturated carbocycles. The molecule has 0 spiro atoms. The van der Waals surface area contributed by atoms with Crippen LogP contribution in [0.2, 0.25) is 5.02 Å². The van der Waals surface area contributed by atoms with Gasteiger partial charge in [-0.25, -0.2) is 0 Å². The number of nitrogens with one attached hydrogen (secondary N) is 1. The fraction of sp³-hybridized carbons (Fsp3) is 0.333.